The van der Waals surface area contributed by atoms with E-state index in [4.69, 9.17) is 5.73 Å². The van der Waals surface area contributed by atoms with Crippen molar-refractivity contribution in [1.29, 1.82) is 0 Å². The highest BCUT2D eigenvalue weighted by molar-refractivity contribution is 5.85. The summed E-state index contributed by atoms with van der Waals surface area (Å²) >= 11 is 0. The molecule has 2 aromatic carbocycles. The molecule has 1 heterocycles. The monoisotopic (exact) mass is 347 g/mol. The molecule has 4 N–H and O–H groups in total. The van der Waals surface area contributed by atoms with E-state index in [2.05, 4.69) is 72.7 Å². The first-order valence-corrected chi connectivity index (χ1v) is 9.81. The number of hydrogen-bond acceptors (Lipinski definition) is 2. The lowest BCUT2D eigenvalue weighted by Crippen LogP contribution is -2.40. The maximum Gasteiger partial charge on any atom is 0.0459 e. The molecule has 136 valence electrons. The Morgan fingerprint density at radius 1 is 1.12 bits per heavy atom. The number of aromatic nitrogens is 1. The molecule has 3 nitrogen and oxygen atoms in total. The molecule has 1 aromatic heterocycles. The zero-order valence-electron chi connectivity index (χ0n) is 15.8. The van der Waals surface area contributed by atoms with Crippen molar-refractivity contribution in [3.05, 3.63) is 70.9 Å². The Kier molecular flexibility index (Phi) is 4.84. The smallest absolute Gasteiger partial charge is 0.0459 e. The van der Waals surface area contributed by atoms with E-state index in [0.29, 0.717) is 11.8 Å². The van der Waals surface area contributed by atoms with Crippen LogP contribution in [0.5, 0.6) is 0 Å². The zero-order chi connectivity index (χ0) is 18.1. The molecule has 0 radical (unpaired) electrons. The summed E-state index contributed by atoms with van der Waals surface area (Å²) < 4.78 is 0. The number of nitrogens with one attached hydrogen (secondary N) is 2. The van der Waals surface area contributed by atoms with Gasteiger partial charge in [0, 0.05) is 34.5 Å². The van der Waals surface area contributed by atoms with Crippen LogP contribution in [-0.4, -0.2) is 24.1 Å². The average molecular weight is 348 g/mol. The molecule has 3 heteroatoms. The van der Waals surface area contributed by atoms with Crippen LogP contribution in [-0.2, 0) is 6.42 Å². The van der Waals surface area contributed by atoms with E-state index in [1.807, 2.05) is 0 Å². The van der Waals surface area contributed by atoms with Crippen molar-refractivity contribution in [3.8, 4) is 0 Å². The third-order valence-electron chi connectivity index (χ3n) is 5.94. The van der Waals surface area contributed by atoms with Crippen LogP contribution in [0.2, 0.25) is 0 Å². The molecule has 0 unspecified atom stereocenters. The Labute approximate surface area is 156 Å². The van der Waals surface area contributed by atoms with Crippen LogP contribution in [0.25, 0.3) is 10.9 Å². The van der Waals surface area contributed by atoms with Gasteiger partial charge in [0.1, 0.15) is 0 Å². The minimum absolute atomic E-state index is 0.142. The number of rotatable bonds is 5. The highest BCUT2D eigenvalue weighted by Crippen LogP contribution is 2.43. The lowest BCUT2D eigenvalue weighted by Gasteiger charge is -2.37. The molecule has 1 aliphatic rings. The Balaban J connectivity index is 1.76. The molecule has 4 rings (SSSR count). The normalized spacial score (nSPS) is 22.5. The van der Waals surface area contributed by atoms with Gasteiger partial charge in [0.05, 0.1) is 0 Å². The Morgan fingerprint density at radius 3 is 2.65 bits per heavy atom. The van der Waals surface area contributed by atoms with E-state index in [9.17, 15) is 0 Å². The van der Waals surface area contributed by atoms with E-state index >= 15 is 0 Å². The zero-order valence-corrected chi connectivity index (χ0v) is 15.8. The molecule has 1 aliphatic carbocycles. The number of para-hydroxylation sites is 1. The minimum atomic E-state index is 0.142. The van der Waals surface area contributed by atoms with Crippen molar-refractivity contribution in [1.82, 2.24) is 10.3 Å². The van der Waals surface area contributed by atoms with E-state index < -0.39 is 0 Å². The highest BCUT2D eigenvalue weighted by atomic mass is 14.8. The van der Waals surface area contributed by atoms with Gasteiger partial charge in [-0.25, -0.2) is 0 Å². The second kappa shape index (κ2) is 7.26. The summed E-state index contributed by atoms with van der Waals surface area (Å²) in [7, 11) is 0. The number of fused-ring (bicyclic) bond motifs is 3. The summed E-state index contributed by atoms with van der Waals surface area (Å²) in [6, 6.07) is 17.7. The van der Waals surface area contributed by atoms with E-state index in [0.717, 1.165) is 25.9 Å². The third-order valence-corrected chi connectivity index (χ3v) is 5.94. The summed E-state index contributed by atoms with van der Waals surface area (Å²) in [4.78, 5) is 3.69. The molecular weight excluding hydrogens is 318 g/mol. The number of aryl methyl sites for hydroxylation is 1. The number of aromatic amines is 1. The van der Waals surface area contributed by atoms with Crippen LogP contribution < -0.4 is 11.1 Å². The summed E-state index contributed by atoms with van der Waals surface area (Å²) in [5.74, 6) is 0.739. The number of nitrogens with two attached hydrogens (primary N) is 1. The van der Waals surface area contributed by atoms with Gasteiger partial charge in [-0.05, 0) is 50.0 Å². The Morgan fingerprint density at radius 2 is 1.88 bits per heavy atom. The van der Waals surface area contributed by atoms with Gasteiger partial charge in [-0.1, -0.05) is 55.0 Å². The molecule has 0 fully saturated rings. The second-order valence-corrected chi connectivity index (χ2v) is 7.61. The van der Waals surface area contributed by atoms with Crippen LogP contribution >= 0.6 is 0 Å². The van der Waals surface area contributed by atoms with Gasteiger partial charge in [0.25, 0.3) is 0 Å². The Bertz CT molecular complexity index is 878. The van der Waals surface area contributed by atoms with Gasteiger partial charge in [-0.3, -0.25) is 0 Å². The number of benzene rings is 2. The highest BCUT2D eigenvalue weighted by Gasteiger charge is 2.37. The van der Waals surface area contributed by atoms with Crippen molar-refractivity contribution in [2.75, 3.05) is 13.1 Å². The predicted molar refractivity (Wildman–Crippen MR) is 110 cm³/mol. The summed E-state index contributed by atoms with van der Waals surface area (Å²) in [6.45, 7) is 6.31. The molecule has 0 aliphatic heterocycles. The number of H-pyrrole nitrogens is 1. The maximum absolute atomic E-state index is 6.90. The fourth-order valence-electron chi connectivity index (χ4n) is 4.56. The van der Waals surface area contributed by atoms with E-state index in [-0.39, 0.29) is 6.04 Å². The maximum atomic E-state index is 6.90. The Hall–Kier alpha value is -2.10. The molecule has 0 amide bonds. The van der Waals surface area contributed by atoms with Gasteiger partial charge in [0.15, 0.2) is 0 Å². The molecule has 3 aromatic rings. The van der Waals surface area contributed by atoms with E-state index in [1.165, 1.54) is 33.3 Å². The standard InChI is InChI=1S/C23H29N3/c1-3-25-13-12-18-22-17-6-4-5-7-20(17)26-21(22)14-19(23(18)24)16-10-8-15(2)9-11-16/h4-11,18-19,23,25-26H,3,12-14,24H2,1-2H3/t18-,19-,23+/m1/s1. The van der Waals surface area contributed by atoms with Gasteiger partial charge in [-0.15, -0.1) is 0 Å². The third kappa shape index (κ3) is 3.06. The SMILES string of the molecule is CCNCC[C@@H]1c2c([nH]c3ccccc23)C[C@H](c2ccc(C)cc2)[C@H]1N. The average Bonchev–Trinajstić information content (AvgIpc) is 3.02. The van der Waals surface area contributed by atoms with Gasteiger partial charge >= 0.3 is 0 Å². The van der Waals surface area contributed by atoms with Crippen molar-refractivity contribution in [2.45, 2.75) is 44.6 Å². The van der Waals surface area contributed by atoms with Crippen LogP contribution in [0.15, 0.2) is 48.5 Å². The lowest BCUT2D eigenvalue weighted by atomic mass is 9.71. The first-order chi connectivity index (χ1) is 12.7. The van der Waals surface area contributed by atoms with Crippen molar-refractivity contribution in [2.24, 2.45) is 5.73 Å². The fraction of sp³-hybridized carbons (Fsp3) is 0.391. The quantitative estimate of drug-likeness (QED) is 0.605. The molecule has 26 heavy (non-hydrogen) atoms. The van der Waals surface area contributed by atoms with Gasteiger partial charge in [0.2, 0.25) is 0 Å². The fourth-order valence-corrected chi connectivity index (χ4v) is 4.56. The molecular formula is C23H29N3. The van der Waals surface area contributed by atoms with Crippen LogP contribution in [0.4, 0.5) is 0 Å². The van der Waals surface area contributed by atoms with Crippen molar-refractivity contribution >= 4 is 10.9 Å². The van der Waals surface area contributed by atoms with Crippen molar-refractivity contribution < 1.29 is 0 Å². The van der Waals surface area contributed by atoms with Crippen LogP contribution in [0, 0.1) is 6.92 Å². The molecule has 0 saturated carbocycles. The minimum Gasteiger partial charge on any atom is -0.358 e. The molecule has 3 atom stereocenters. The summed E-state index contributed by atoms with van der Waals surface area (Å²) in [6.07, 6.45) is 2.07. The summed E-state index contributed by atoms with van der Waals surface area (Å²) in [5, 5.41) is 4.83. The predicted octanol–water partition coefficient (Wildman–Crippen LogP) is 4.23. The number of hydrogen-bond donors (Lipinski definition) is 3. The van der Waals surface area contributed by atoms with Gasteiger partial charge in [-0.2, -0.15) is 0 Å². The first kappa shape index (κ1) is 17.3. The molecule has 0 spiro atoms. The van der Waals surface area contributed by atoms with Crippen LogP contribution in [0.1, 0.15) is 47.6 Å². The molecule has 0 bridgehead atoms. The lowest BCUT2D eigenvalue weighted by molar-refractivity contribution is 0.393. The first-order valence-electron chi connectivity index (χ1n) is 9.81. The summed E-state index contributed by atoms with van der Waals surface area (Å²) in [5.41, 5.74) is 13.6. The topological polar surface area (TPSA) is 53.8 Å². The molecule has 0 saturated heterocycles. The van der Waals surface area contributed by atoms with E-state index in [1.54, 1.807) is 0 Å². The van der Waals surface area contributed by atoms with Crippen LogP contribution in [0.3, 0.4) is 0 Å². The second-order valence-electron chi connectivity index (χ2n) is 7.61. The largest absolute Gasteiger partial charge is 0.358 e. The van der Waals surface area contributed by atoms with Crippen molar-refractivity contribution in [3.63, 3.8) is 0 Å². The van der Waals surface area contributed by atoms with Gasteiger partial charge < -0.3 is 16.0 Å².